The van der Waals surface area contributed by atoms with E-state index in [0.717, 1.165) is 31.2 Å². The van der Waals surface area contributed by atoms with Crippen LogP contribution in [0.2, 0.25) is 10.0 Å². The topological polar surface area (TPSA) is 63.6 Å². The highest BCUT2D eigenvalue weighted by molar-refractivity contribution is 6.45. The van der Waals surface area contributed by atoms with Crippen LogP contribution in [-0.2, 0) is 11.2 Å². The van der Waals surface area contributed by atoms with Crippen LogP contribution in [0.25, 0.3) is 0 Å². The number of rotatable bonds is 4. The Bertz CT molecular complexity index is 680. The number of hydrogen-bond acceptors (Lipinski definition) is 3. The first-order chi connectivity index (χ1) is 10.8. The Hall–Kier alpha value is -1.26. The molecule has 0 aromatic heterocycles. The normalized spacial score (nSPS) is 20.4. The lowest BCUT2D eigenvalue weighted by atomic mass is 9.87. The Balaban J connectivity index is 2.00. The monoisotopic (exact) mass is 356 g/mol. The average molecular weight is 357 g/mol. The molecule has 0 saturated heterocycles. The maximum Gasteiger partial charge on any atom is 0.348 e. The highest BCUT2D eigenvalue weighted by atomic mass is 35.5. The fraction of sp³-hybridized carbons (Fsp3) is 0.529. The number of carbonyl (C=O) groups is 2. The second-order valence-electron chi connectivity index (χ2n) is 6.46. The minimum Gasteiger partial charge on any atom is -0.478 e. The van der Waals surface area contributed by atoms with Gasteiger partial charge in [0.2, 0.25) is 5.60 Å². The zero-order valence-electron chi connectivity index (χ0n) is 12.8. The molecule has 0 aliphatic heterocycles. The van der Waals surface area contributed by atoms with Crippen LogP contribution in [0, 0.1) is 5.92 Å². The molecule has 0 bridgehead atoms. The predicted octanol–water partition coefficient (Wildman–Crippen LogP) is 4.53. The number of aryl methyl sites for hydroxylation is 1. The Morgan fingerprint density at radius 3 is 2.52 bits per heavy atom. The minimum absolute atomic E-state index is 0.0322. The largest absolute Gasteiger partial charge is 0.478 e. The van der Waals surface area contributed by atoms with Gasteiger partial charge in [-0.15, -0.1) is 0 Å². The smallest absolute Gasteiger partial charge is 0.348 e. The molecule has 0 amide bonds. The zero-order chi connectivity index (χ0) is 16.8. The average Bonchev–Trinajstić information content (AvgIpc) is 3.14. The van der Waals surface area contributed by atoms with Gasteiger partial charge >= 0.3 is 5.97 Å². The van der Waals surface area contributed by atoms with Gasteiger partial charge in [-0.05, 0) is 37.8 Å². The quantitative estimate of drug-likeness (QED) is 0.860. The molecular weight excluding hydrogens is 339 g/mol. The molecule has 1 saturated carbocycles. The molecular formula is C17H18Cl2O4. The molecule has 2 aliphatic rings. The van der Waals surface area contributed by atoms with Crippen LogP contribution in [0.3, 0.4) is 0 Å². The van der Waals surface area contributed by atoms with Gasteiger partial charge in [0.25, 0.3) is 0 Å². The number of fused-ring (bicyclic) bond motifs is 1. The molecule has 1 N–H and O–H groups in total. The van der Waals surface area contributed by atoms with Gasteiger partial charge in [0.1, 0.15) is 10.8 Å². The molecule has 6 heteroatoms. The Labute approximate surface area is 144 Å². The molecule has 0 heterocycles. The molecule has 3 rings (SSSR count). The lowest BCUT2D eigenvalue weighted by Gasteiger charge is -2.32. The van der Waals surface area contributed by atoms with E-state index < -0.39 is 11.6 Å². The summed E-state index contributed by atoms with van der Waals surface area (Å²) >= 11 is 12.5. The van der Waals surface area contributed by atoms with Crippen LogP contribution in [0.5, 0.6) is 5.75 Å². The lowest BCUT2D eigenvalue weighted by molar-refractivity contribution is -0.158. The van der Waals surface area contributed by atoms with Crippen molar-refractivity contribution in [2.24, 2.45) is 5.92 Å². The summed E-state index contributed by atoms with van der Waals surface area (Å²) in [6.45, 7) is 1.59. The summed E-state index contributed by atoms with van der Waals surface area (Å²) in [5.41, 5.74) is -0.124. The number of halogens is 2. The summed E-state index contributed by atoms with van der Waals surface area (Å²) in [5, 5.41) is 9.98. The third-order valence-electron chi connectivity index (χ3n) is 5.04. The van der Waals surface area contributed by atoms with E-state index in [4.69, 9.17) is 27.9 Å². The van der Waals surface area contributed by atoms with Crippen molar-refractivity contribution >= 4 is 35.0 Å². The highest BCUT2D eigenvalue weighted by Gasteiger charge is 2.45. The Morgan fingerprint density at radius 1 is 1.26 bits per heavy atom. The van der Waals surface area contributed by atoms with Gasteiger partial charge in [-0.25, -0.2) is 4.79 Å². The van der Waals surface area contributed by atoms with E-state index in [9.17, 15) is 14.7 Å². The van der Waals surface area contributed by atoms with E-state index in [1.54, 1.807) is 13.0 Å². The summed E-state index contributed by atoms with van der Waals surface area (Å²) in [6, 6.07) is 1.67. The number of carboxylic acid groups (broad SMARTS) is 1. The summed E-state index contributed by atoms with van der Waals surface area (Å²) < 4.78 is 5.89. The van der Waals surface area contributed by atoms with Gasteiger partial charge in [0.15, 0.2) is 5.78 Å². The molecule has 1 aromatic carbocycles. The SMILES string of the molecule is CC(Oc1cc2c(c(Cl)c1Cl)C(=O)CC2)(C(=O)O)C1CCCC1. The van der Waals surface area contributed by atoms with E-state index in [0.29, 0.717) is 18.4 Å². The number of aliphatic carboxylic acids is 1. The number of benzene rings is 1. The van der Waals surface area contributed by atoms with Crippen molar-refractivity contribution in [1.82, 2.24) is 0 Å². The van der Waals surface area contributed by atoms with Gasteiger partial charge in [0, 0.05) is 17.9 Å². The fourth-order valence-electron chi connectivity index (χ4n) is 3.61. The van der Waals surface area contributed by atoms with Gasteiger partial charge in [0.05, 0.1) is 5.02 Å². The third-order valence-corrected chi connectivity index (χ3v) is 5.89. The molecule has 124 valence electrons. The van der Waals surface area contributed by atoms with Gasteiger partial charge in [-0.2, -0.15) is 0 Å². The molecule has 1 aromatic rings. The van der Waals surface area contributed by atoms with Crippen LogP contribution >= 0.6 is 23.2 Å². The molecule has 0 radical (unpaired) electrons. The minimum atomic E-state index is -1.35. The molecule has 0 spiro atoms. The van der Waals surface area contributed by atoms with Crippen LogP contribution in [-0.4, -0.2) is 22.5 Å². The number of carboxylic acids is 1. The number of ether oxygens (including phenoxy) is 1. The molecule has 4 nitrogen and oxygen atoms in total. The third kappa shape index (κ3) is 2.72. The number of carbonyl (C=O) groups excluding carboxylic acids is 1. The van der Waals surface area contributed by atoms with Crippen LogP contribution in [0.4, 0.5) is 0 Å². The van der Waals surface area contributed by atoms with Crippen LogP contribution < -0.4 is 4.74 Å². The zero-order valence-corrected chi connectivity index (χ0v) is 14.3. The van der Waals surface area contributed by atoms with Crippen molar-refractivity contribution in [2.45, 2.75) is 51.0 Å². The van der Waals surface area contributed by atoms with E-state index in [1.807, 2.05) is 0 Å². The maximum absolute atomic E-state index is 11.9. The number of ketones is 1. The van der Waals surface area contributed by atoms with E-state index in [2.05, 4.69) is 0 Å². The van der Waals surface area contributed by atoms with Crippen molar-refractivity contribution in [3.63, 3.8) is 0 Å². The van der Waals surface area contributed by atoms with Crippen LogP contribution in [0.1, 0.15) is 54.9 Å². The first-order valence-corrected chi connectivity index (χ1v) is 8.56. The van der Waals surface area contributed by atoms with E-state index >= 15 is 0 Å². The predicted molar refractivity (Wildman–Crippen MR) is 87.7 cm³/mol. The first-order valence-electron chi connectivity index (χ1n) is 7.81. The molecule has 1 fully saturated rings. The summed E-state index contributed by atoms with van der Waals surface area (Å²) in [6.07, 6.45) is 4.62. The van der Waals surface area contributed by atoms with Crippen molar-refractivity contribution in [2.75, 3.05) is 0 Å². The van der Waals surface area contributed by atoms with Gasteiger partial charge in [-0.3, -0.25) is 4.79 Å². The van der Waals surface area contributed by atoms with Crippen molar-refractivity contribution in [1.29, 1.82) is 0 Å². The van der Waals surface area contributed by atoms with Crippen molar-refractivity contribution in [3.8, 4) is 5.75 Å². The number of hydrogen-bond donors (Lipinski definition) is 1. The number of Topliss-reactive ketones (excluding diaryl/α,β-unsaturated/α-hetero) is 1. The fourth-order valence-corrected chi connectivity index (χ4v) is 4.11. The highest BCUT2D eigenvalue weighted by Crippen LogP contribution is 2.44. The van der Waals surface area contributed by atoms with E-state index in [-0.39, 0.29) is 27.5 Å². The lowest BCUT2D eigenvalue weighted by Crippen LogP contribution is -2.47. The molecule has 23 heavy (non-hydrogen) atoms. The second-order valence-corrected chi connectivity index (χ2v) is 7.21. The van der Waals surface area contributed by atoms with Crippen molar-refractivity contribution in [3.05, 3.63) is 27.2 Å². The maximum atomic E-state index is 11.9. The van der Waals surface area contributed by atoms with Gasteiger partial charge < -0.3 is 9.84 Å². The first kappa shape index (κ1) is 16.6. The Kier molecular flexibility index (Phi) is 4.32. The molecule has 1 unspecified atom stereocenters. The molecule has 2 aliphatic carbocycles. The summed E-state index contributed by atoms with van der Waals surface area (Å²) in [5.74, 6) is -0.852. The van der Waals surface area contributed by atoms with E-state index in [1.165, 1.54) is 0 Å². The Morgan fingerprint density at radius 2 is 1.91 bits per heavy atom. The standard InChI is InChI=1S/C17H18Cl2O4/c1-17(16(21)22,10-4-2-3-5-10)23-12-8-9-6-7-11(20)13(9)15(19)14(12)18/h8,10H,2-7H2,1H3,(H,21,22). The summed E-state index contributed by atoms with van der Waals surface area (Å²) in [7, 11) is 0. The van der Waals surface area contributed by atoms with Crippen LogP contribution in [0.15, 0.2) is 6.07 Å². The molecule has 1 atom stereocenters. The second kappa shape index (κ2) is 5.99. The van der Waals surface area contributed by atoms with Gasteiger partial charge in [-0.1, -0.05) is 36.0 Å². The van der Waals surface area contributed by atoms with Crippen molar-refractivity contribution < 1.29 is 19.4 Å². The summed E-state index contributed by atoms with van der Waals surface area (Å²) in [4.78, 5) is 23.7.